The summed E-state index contributed by atoms with van der Waals surface area (Å²) in [5, 5.41) is 1.57. The van der Waals surface area contributed by atoms with Gasteiger partial charge >= 0.3 is 0 Å². The van der Waals surface area contributed by atoms with Gasteiger partial charge in [-0.05, 0) is 18.2 Å². The Hall–Kier alpha value is -2.47. The Labute approximate surface area is 125 Å². The molecule has 1 aromatic carbocycles. The number of pyridine rings is 1. The molecule has 0 aliphatic rings. The molecular formula is C15H14N4OS. The van der Waals surface area contributed by atoms with Crippen LogP contribution in [0.2, 0.25) is 0 Å². The summed E-state index contributed by atoms with van der Waals surface area (Å²) in [5.41, 5.74) is 3.50. The van der Waals surface area contributed by atoms with Gasteiger partial charge in [-0.25, -0.2) is 14.2 Å². The summed E-state index contributed by atoms with van der Waals surface area (Å²) in [7, 11) is 3.84. The van der Waals surface area contributed by atoms with E-state index in [-0.39, 0.29) is 0 Å². The van der Waals surface area contributed by atoms with Crippen molar-refractivity contribution < 1.29 is 4.21 Å². The van der Waals surface area contributed by atoms with E-state index < -0.39 is 0 Å². The van der Waals surface area contributed by atoms with Crippen LogP contribution in [0.4, 0.5) is 5.82 Å². The van der Waals surface area contributed by atoms with E-state index in [1.165, 1.54) is 0 Å². The van der Waals surface area contributed by atoms with Crippen LogP contribution in [-0.2, 0) is 11.3 Å². The number of fused-ring (bicyclic) bond motifs is 1. The highest BCUT2D eigenvalue weighted by Crippen LogP contribution is 2.30. The van der Waals surface area contributed by atoms with Crippen LogP contribution >= 0.6 is 0 Å². The second kappa shape index (κ2) is 5.49. The van der Waals surface area contributed by atoms with Crippen molar-refractivity contribution in [2.75, 3.05) is 19.0 Å². The van der Waals surface area contributed by atoms with E-state index in [1.807, 2.05) is 49.3 Å². The van der Waals surface area contributed by atoms with Gasteiger partial charge in [-0.3, -0.25) is 0 Å². The number of hydrogen-bond acceptors (Lipinski definition) is 4. The molecule has 5 nitrogen and oxygen atoms in total. The number of nitrogens with zero attached hydrogens (tertiary/aromatic N) is 3. The molecule has 106 valence electrons. The minimum absolute atomic E-state index is 0.428. The number of anilines is 1. The zero-order valence-corrected chi connectivity index (χ0v) is 12.5. The minimum Gasteiger partial charge on any atom is -0.362 e. The van der Waals surface area contributed by atoms with E-state index in [0.717, 1.165) is 28.0 Å². The average molecular weight is 298 g/mol. The Bertz CT molecular complexity index is 817. The number of hydrogen-bond donors (Lipinski definition) is 1. The molecule has 0 saturated heterocycles. The van der Waals surface area contributed by atoms with Crippen LogP contribution in [0.3, 0.4) is 0 Å². The molecule has 0 atom stereocenters. The predicted octanol–water partition coefficient (Wildman–Crippen LogP) is 2.05. The van der Waals surface area contributed by atoms with Gasteiger partial charge in [-0.2, -0.15) is 0 Å². The van der Waals surface area contributed by atoms with Gasteiger partial charge in [0.05, 0.1) is 27.9 Å². The van der Waals surface area contributed by atoms with Crippen LogP contribution in [0.25, 0.3) is 22.4 Å². The highest BCUT2D eigenvalue weighted by molar-refractivity contribution is 7.65. The molecule has 0 aliphatic carbocycles. The molecule has 1 N–H and O–H groups in total. The summed E-state index contributed by atoms with van der Waals surface area (Å²) >= 11 is 0.428. The Kier molecular flexibility index (Phi) is 3.53. The molecule has 0 aliphatic heterocycles. The quantitative estimate of drug-likeness (QED) is 0.752. The van der Waals surface area contributed by atoms with E-state index in [9.17, 15) is 4.21 Å². The zero-order chi connectivity index (χ0) is 14.8. The first-order valence-electron chi connectivity index (χ1n) is 6.44. The molecule has 2 heterocycles. The van der Waals surface area contributed by atoms with Crippen LogP contribution < -0.4 is 4.90 Å². The molecule has 0 radical (unpaired) electrons. The average Bonchev–Trinajstić information content (AvgIpc) is 2.90. The SMILES string of the molecule is CN(C)c1nccc(C=S=O)c1-c1nc2ccccc2[nH]1. The Morgan fingerprint density at radius 3 is 2.76 bits per heavy atom. The van der Waals surface area contributed by atoms with Gasteiger partial charge in [0.15, 0.2) is 0 Å². The lowest BCUT2D eigenvalue weighted by Gasteiger charge is -2.16. The third-order valence-electron chi connectivity index (χ3n) is 3.19. The molecule has 6 heteroatoms. The third kappa shape index (κ3) is 2.45. The molecule has 0 saturated carbocycles. The van der Waals surface area contributed by atoms with Crippen LogP contribution in [0, 0.1) is 0 Å². The van der Waals surface area contributed by atoms with E-state index in [0.29, 0.717) is 17.1 Å². The van der Waals surface area contributed by atoms with Crippen molar-refractivity contribution in [2.45, 2.75) is 0 Å². The van der Waals surface area contributed by atoms with Gasteiger partial charge in [-0.1, -0.05) is 12.1 Å². The maximum Gasteiger partial charge on any atom is 0.142 e. The molecular weight excluding hydrogens is 284 g/mol. The largest absolute Gasteiger partial charge is 0.362 e. The minimum atomic E-state index is 0.428. The molecule has 3 aromatic rings. The predicted molar refractivity (Wildman–Crippen MR) is 87.0 cm³/mol. The number of aromatic amines is 1. The monoisotopic (exact) mass is 298 g/mol. The number of nitrogens with one attached hydrogen (secondary N) is 1. The normalized spacial score (nSPS) is 10.6. The number of imidazole rings is 1. The van der Waals surface area contributed by atoms with Gasteiger partial charge < -0.3 is 9.88 Å². The fourth-order valence-electron chi connectivity index (χ4n) is 2.27. The van der Waals surface area contributed by atoms with E-state index in [2.05, 4.69) is 15.0 Å². The van der Waals surface area contributed by atoms with E-state index in [4.69, 9.17) is 0 Å². The first kappa shape index (κ1) is 13.5. The molecule has 0 fully saturated rings. The smallest absolute Gasteiger partial charge is 0.142 e. The maximum absolute atomic E-state index is 10.9. The lowest BCUT2D eigenvalue weighted by Crippen LogP contribution is -2.13. The summed E-state index contributed by atoms with van der Waals surface area (Å²) < 4.78 is 10.9. The number of benzene rings is 1. The number of aromatic nitrogens is 3. The van der Waals surface area contributed by atoms with Gasteiger partial charge in [0.2, 0.25) is 0 Å². The van der Waals surface area contributed by atoms with Crippen molar-refractivity contribution in [3.05, 3.63) is 42.1 Å². The van der Waals surface area contributed by atoms with Crippen LogP contribution in [0.15, 0.2) is 36.5 Å². The van der Waals surface area contributed by atoms with Crippen molar-refractivity contribution in [2.24, 2.45) is 0 Å². The van der Waals surface area contributed by atoms with Gasteiger partial charge in [0.1, 0.15) is 11.6 Å². The number of H-pyrrole nitrogens is 1. The summed E-state index contributed by atoms with van der Waals surface area (Å²) in [6.07, 6.45) is 1.70. The van der Waals surface area contributed by atoms with Gasteiger partial charge in [-0.15, -0.1) is 0 Å². The Morgan fingerprint density at radius 2 is 2.05 bits per heavy atom. The molecule has 21 heavy (non-hydrogen) atoms. The molecule has 0 bridgehead atoms. The molecule has 0 spiro atoms. The molecule has 3 rings (SSSR count). The highest BCUT2D eigenvalue weighted by Gasteiger charge is 2.16. The van der Waals surface area contributed by atoms with Gasteiger partial charge in [0, 0.05) is 31.2 Å². The molecule has 2 aromatic heterocycles. The summed E-state index contributed by atoms with van der Waals surface area (Å²) in [6.45, 7) is 0. The van der Waals surface area contributed by atoms with E-state index in [1.54, 1.807) is 11.6 Å². The molecule has 0 amide bonds. The second-order valence-electron chi connectivity index (χ2n) is 4.81. The topological polar surface area (TPSA) is 61.9 Å². The first-order chi connectivity index (χ1) is 10.2. The fraction of sp³-hybridized carbons (Fsp3) is 0.133. The van der Waals surface area contributed by atoms with Crippen molar-refractivity contribution in [3.8, 4) is 11.4 Å². The lowest BCUT2D eigenvalue weighted by molar-refractivity contribution is 0.701. The maximum atomic E-state index is 10.9. The van der Waals surface area contributed by atoms with Crippen LogP contribution in [0.5, 0.6) is 0 Å². The summed E-state index contributed by atoms with van der Waals surface area (Å²) in [5.74, 6) is 1.49. The van der Waals surface area contributed by atoms with Gasteiger partial charge in [0.25, 0.3) is 0 Å². The van der Waals surface area contributed by atoms with E-state index >= 15 is 0 Å². The summed E-state index contributed by atoms with van der Waals surface area (Å²) in [4.78, 5) is 14.2. The van der Waals surface area contributed by atoms with Crippen molar-refractivity contribution in [1.29, 1.82) is 0 Å². The van der Waals surface area contributed by atoms with Crippen LogP contribution in [0.1, 0.15) is 5.56 Å². The van der Waals surface area contributed by atoms with Crippen LogP contribution in [-0.4, -0.2) is 38.6 Å². The number of para-hydroxylation sites is 2. The summed E-state index contributed by atoms with van der Waals surface area (Å²) in [6, 6.07) is 9.65. The van der Waals surface area contributed by atoms with Crippen molar-refractivity contribution in [1.82, 2.24) is 15.0 Å². The standard InChI is InChI=1S/C15H14N4OS/c1-19(2)15-13(10(9-21-20)7-8-16-15)14-17-11-5-3-4-6-12(11)18-14/h3-9H,1-2H3,(H,17,18). The van der Waals surface area contributed by atoms with Crippen molar-refractivity contribution in [3.63, 3.8) is 0 Å². The van der Waals surface area contributed by atoms with Crippen molar-refractivity contribution >= 4 is 33.5 Å². The molecule has 0 unspecified atom stereocenters. The lowest BCUT2D eigenvalue weighted by atomic mass is 10.1. The fourth-order valence-corrected chi connectivity index (χ4v) is 2.57. The Morgan fingerprint density at radius 1 is 1.24 bits per heavy atom. The first-order valence-corrected chi connectivity index (χ1v) is 7.24. The third-order valence-corrected chi connectivity index (χ3v) is 3.54. The zero-order valence-electron chi connectivity index (χ0n) is 11.7. The highest BCUT2D eigenvalue weighted by atomic mass is 32.1. The Balaban J connectivity index is 2.30. The number of rotatable bonds is 3. The second-order valence-corrected chi connectivity index (χ2v) is 5.24.